The summed E-state index contributed by atoms with van der Waals surface area (Å²) in [5.41, 5.74) is 2.74. The second kappa shape index (κ2) is 17.3. The molecule has 0 saturated heterocycles. The van der Waals surface area contributed by atoms with Gasteiger partial charge in [0, 0.05) is 5.56 Å². The fourth-order valence-corrected chi connectivity index (χ4v) is 4.98. The molecule has 0 saturated carbocycles. The van der Waals surface area contributed by atoms with E-state index >= 15 is 4.39 Å². The Hall–Kier alpha value is -3.67. The molecule has 0 aromatic heterocycles. The number of carboxylic acids is 1. The third kappa shape index (κ3) is 10.0. The second-order valence-corrected chi connectivity index (χ2v) is 11.0. The zero-order chi connectivity index (χ0) is 30.3. The van der Waals surface area contributed by atoms with Gasteiger partial charge >= 0.3 is 11.9 Å². The molecule has 0 fully saturated rings. The number of carbonyl (C=O) groups is 2. The van der Waals surface area contributed by atoms with E-state index in [9.17, 15) is 14.7 Å². The van der Waals surface area contributed by atoms with Crippen LogP contribution in [-0.4, -0.2) is 29.8 Å². The van der Waals surface area contributed by atoms with Gasteiger partial charge in [0.1, 0.15) is 11.6 Å². The molecular formula is C36H45FO5. The summed E-state index contributed by atoms with van der Waals surface area (Å²) in [5, 5.41) is 9.30. The van der Waals surface area contributed by atoms with E-state index in [1.165, 1.54) is 43.9 Å². The van der Waals surface area contributed by atoms with Crippen molar-refractivity contribution in [3.63, 3.8) is 0 Å². The Labute approximate surface area is 250 Å². The van der Waals surface area contributed by atoms with Crippen LogP contribution in [0.15, 0.2) is 60.7 Å². The van der Waals surface area contributed by atoms with E-state index in [1.54, 1.807) is 24.3 Å². The molecular weight excluding hydrogens is 531 g/mol. The number of ether oxygens (including phenoxy) is 2. The molecule has 0 aliphatic rings. The van der Waals surface area contributed by atoms with Crippen molar-refractivity contribution in [1.82, 2.24) is 0 Å². The van der Waals surface area contributed by atoms with Gasteiger partial charge in [0.2, 0.25) is 0 Å². The number of hydrogen-bond acceptors (Lipinski definition) is 4. The fraction of sp³-hybridized carbons (Fsp3) is 0.444. The SMILES string of the molecule is CCCCCCCCOc1ccc(-c2ccc(C(=O)O)cc2)c(-c2ccc(C(=O)OC(C)CCCCCC)cc2F)c1. The lowest BCUT2D eigenvalue weighted by Gasteiger charge is -2.16. The highest BCUT2D eigenvalue weighted by Gasteiger charge is 2.18. The number of benzene rings is 3. The van der Waals surface area contributed by atoms with Gasteiger partial charge in [-0.25, -0.2) is 14.0 Å². The van der Waals surface area contributed by atoms with Gasteiger partial charge in [-0.2, -0.15) is 0 Å². The lowest BCUT2D eigenvalue weighted by Crippen LogP contribution is -2.15. The highest BCUT2D eigenvalue weighted by atomic mass is 19.1. The Morgan fingerprint density at radius 2 is 1.36 bits per heavy atom. The Bertz CT molecular complexity index is 1280. The molecule has 0 radical (unpaired) electrons. The summed E-state index contributed by atoms with van der Waals surface area (Å²) in [7, 11) is 0. The van der Waals surface area contributed by atoms with Crippen LogP contribution in [0, 0.1) is 5.82 Å². The normalized spacial score (nSPS) is 11.7. The maximum atomic E-state index is 15.6. The monoisotopic (exact) mass is 576 g/mol. The van der Waals surface area contributed by atoms with Crippen molar-refractivity contribution < 1.29 is 28.6 Å². The predicted molar refractivity (Wildman–Crippen MR) is 167 cm³/mol. The van der Waals surface area contributed by atoms with Crippen LogP contribution in [0.1, 0.15) is 112 Å². The van der Waals surface area contributed by atoms with Crippen molar-refractivity contribution in [3.8, 4) is 28.0 Å². The molecule has 3 rings (SSSR count). The molecule has 0 heterocycles. The van der Waals surface area contributed by atoms with E-state index in [-0.39, 0.29) is 17.2 Å². The van der Waals surface area contributed by atoms with Crippen LogP contribution in [0.3, 0.4) is 0 Å². The average molecular weight is 577 g/mol. The van der Waals surface area contributed by atoms with E-state index in [1.807, 2.05) is 25.1 Å². The molecule has 1 atom stereocenters. The van der Waals surface area contributed by atoms with E-state index < -0.39 is 17.8 Å². The van der Waals surface area contributed by atoms with E-state index in [2.05, 4.69) is 13.8 Å². The van der Waals surface area contributed by atoms with Crippen molar-refractivity contribution >= 4 is 11.9 Å². The van der Waals surface area contributed by atoms with Gasteiger partial charge in [-0.3, -0.25) is 0 Å². The zero-order valence-electron chi connectivity index (χ0n) is 25.3. The van der Waals surface area contributed by atoms with Crippen molar-refractivity contribution in [2.75, 3.05) is 6.61 Å². The van der Waals surface area contributed by atoms with Crippen molar-refractivity contribution in [2.45, 2.75) is 97.5 Å². The number of esters is 1. The first-order valence-corrected chi connectivity index (χ1v) is 15.5. The second-order valence-electron chi connectivity index (χ2n) is 11.0. The summed E-state index contributed by atoms with van der Waals surface area (Å²) in [5.74, 6) is -1.46. The maximum absolute atomic E-state index is 15.6. The first kappa shape index (κ1) is 32.8. The highest BCUT2D eigenvalue weighted by molar-refractivity contribution is 5.92. The molecule has 3 aromatic carbocycles. The van der Waals surface area contributed by atoms with E-state index in [0.717, 1.165) is 56.1 Å². The summed E-state index contributed by atoms with van der Waals surface area (Å²) in [6, 6.07) is 16.4. The highest BCUT2D eigenvalue weighted by Crippen LogP contribution is 2.37. The predicted octanol–water partition coefficient (Wildman–Crippen LogP) is 10.1. The Kier molecular flexibility index (Phi) is 13.5. The number of carboxylic acid groups (broad SMARTS) is 1. The first-order chi connectivity index (χ1) is 20.3. The Balaban J connectivity index is 1.82. The molecule has 0 aliphatic carbocycles. The Morgan fingerprint density at radius 3 is 2.02 bits per heavy atom. The molecule has 0 spiro atoms. The van der Waals surface area contributed by atoms with E-state index in [4.69, 9.17) is 9.47 Å². The van der Waals surface area contributed by atoms with Crippen LogP contribution in [-0.2, 0) is 4.74 Å². The van der Waals surface area contributed by atoms with Gasteiger partial charge in [-0.05, 0) is 79.3 Å². The lowest BCUT2D eigenvalue weighted by molar-refractivity contribution is 0.0318. The quantitative estimate of drug-likeness (QED) is 0.120. The summed E-state index contributed by atoms with van der Waals surface area (Å²) in [6.45, 7) is 6.79. The van der Waals surface area contributed by atoms with Crippen LogP contribution in [0.2, 0.25) is 0 Å². The third-order valence-electron chi connectivity index (χ3n) is 7.47. The molecule has 3 aromatic rings. The Morgan fingerprint density at radius 1 is 0.738 bits per heavy atom. The summed E-state index contributed by atoms with van der Waals surface area (Å²) < 4.78 is 27.3. The van der Waals surface area contributed by atoms with Crippen molar-refractivity contribution in [1.29, 1.82) is 0 Å². The average Bonchev–Trinajstić information content (AvgIpc) is 2.99. The number of hydrogen-bond donors (Lipinski definition) is 1. The topological polar surface area (TPSA) is 72.8 Å². The van der Waals surface area contributed by atoms with Crippen LogP contribution in [0.25, 0.3) is 22.3 Å². The minimum Gasteiger partial charge on any atom is -0.494 e. The van der Waals surface area contributed by atoms with Gasteiger partial charge in [0.05, 0.1) is 23.8 Å². The van der Waals surface area contributed by atoms with Crippen LogP contribution in [0.5, 0.6) is 5.75 Å². The van der Waals surface area contributed by atoms with Crippen molar-refractivity contribution in [3.05, 3.63) is 77.6 Å². The van der Waals surface area contributed by atoms with Crippen LogP contribution >= 0.6 is 0 Å². The maximum Gasteiger partial charge on any atom is 0.338 e. The molecule has 226 valence electrons. The number of halogens is 1. The largest absolute Gasteiger partial charge is 0.494 e. The minimum absolute atomic E-state index is 0.166. The van der Waals surface area contributed by atoms with Gasteiger partial charge in [-0.15, -0.1) is 0 Å². The first-order valence-electron chi connectivity index (χ1n) is 15.5. The van der Waals surface area contributed by atoms with Gasteiger partial charge < -0.3 is 14.6 Å². The molecule has 42 heavy (non-hydrogen) atoms. The summed E-state index contributed by atoms with van der Waals surface area (Å²) in [4.78, 5) is 24.1. The molecule has 0 aliphatic heterocycles. The molecule has 1 N–H and O–H groups in total. The summed E-state index contributed by atoms with van der Waals surface area (Å²) >= 11 is 0. The van der Waals surface area contributed by atoms with E-state index in [0.29, 0.717) is 23.5 Å². The molecule has 5 nitrogen and oxygen atoms in total. The molecule has 6 heteroatoms. The zero-order valence-corrected chi connectivity index (χ0v) is 25.3. The van der Waals surface area contributed by atoms with Gasteiger partial charge in [0.15, 0.2) is 0 Å². The number of rotatable bonds is 18. The summed E-state index contributed by atoms with van der Waals surface area (Å²) in [6.07, 6.45) is 11.9. The van der Waals surface area contributed by atoms with Crippen molar-refractivity contribution in [2.24, 2.45) is 0 Å². The molecule has 0 bridgehead atoms. The van der Waals surface area contributed by atoms with Gasteiger partial charge in [-0.1, -0.05) is 89.5 Å². The smallest absolute Gasteiger partial charge is 0.338 e. The lowest BCUT2D eigenvalue weighted by atomic mass is 9.93. The number of unbranched alkanes of at least 4 members (excludes halogenated alkanes) is 8. The molecule has 1 unspecified atom stereocenters. The third-order valence-corrected chi connectivity index (χ3v) is 7.47. The fourth-order valence-electron chi connectivity index (χ4n) is 4.98. The molecule has 0 amide bonds. The van der Waals surface area contributed by atoms with Gasteiger partial charge in [0.25, 0.3) is 0 Å². The standard InChI is InChI=1S/C36H45FO5/c1-4-6-8-10-11-13-23-41-30-20-22-31(27-15-17-28(18-16-27)35(38)39)33(25-30)32-21-19-29(24-34(32)37)36(40)42-26(3)14-12-9-7-5-2/h15-22,24-26H,4-14,23H2,1-3H3,(H,38,39). The number of carbonyl (C=O) groups excluding carboxylic acids is 1. The minimum atomic E-state index is -1.01. The van der Waals surface area contributed by atoms with Crippen LogP contribution < -0.4 is 4.74 Å². The van der Waals surface area contributed by atoms with Crippen LogP contribution in [0.4, 0.5) is 4.39 Å². The number of aromatic carboxylic acids is 1.